The first-order chi connectivity index (χ1) is 10.1. The van der Waals surface area contributed by atoms with E-state index in [2.05, 4.69) is 26.2 Å². The Balaban J connectivity index is 1.81. The first-order valence-corrected chi connectivity index (χ1v) is 7.35. The van der Waals surface area contributed by atoms with E-state index in [1.807, 2.05) is 49.4 Å². The van der Waals surface area contributed by atoms with Crippen molar-refractivity contribution in [3.8, 4) is 0 Å². The van der Waals surface area contributed by atoms with E-state index in [9.17, 15) is 4.79 Å². The highest BCUT2D eigenvalue weighted by molar-refractivity contribution is 9.10. The third-order valence-corrected chi connectivity index (χ3v) is 3.84. The molecule has 0 aliphatic carbocycles. The molecule has 0 bridgehead atoms. The lowest BCUT2D eigenvalue weighted by Gasteiger charge is -2.11. The van der Waals surface area contributed by atoms with Crippen molar-refractivity contribution < 1.29 is 9.21 Å². The minimum absolute atomic E-state index is 0.169. The van der Waals surface area contributed by atoms with Gasteiger partial charge in [-0.25, -0.2) is 4.98 Å². The molecule has 1 amide bonds. The van der Waals surface area contributed by atoms with E-state index >= 15 is 0 Å². The predicted molar refractivity (Wildman–Crippen MR) is 84.0 cm³/mol. The molecule has 3 rings (SSSR count). The molecule has 0 saturated carbocycles. The molecule has 1 heterocycles. The number of nitrogens with one attached hydrogen (secondary N) is 1. The van der Waals surface area contributed by atoms with E-state index in [4.69, 9.17) is 4.42 Å². The van der Waals surface area contributed by atoms with Gasteiger partial charge in [0.25, 0.3) is 5.91 Å². The summed E-state index contributed by atoms with van der Waals surface area (Å²) < 4.78 is 6.42. The number of nitrogens with zero attached hydrogens (tertiary/aromatic N) is 1. The minimum Gasteiger partial charge on any atom is -0.438 e. The Labute approximate surface area is 130 Å². The van der Waals surface area contributed by atoms with Crippen molar-refractivity contribution in [2.75, 3.05) is 0 Å². The van der Waals surface area contributed by atoms with E-state index in [0.29, 0.717) is 11.5 Å². The van der Waals surface area contributed by atoms with Crippen molar-refractivity contribution in [2.24, 2.45) is 0 Å². The Hall–Kier alpha value is -2.14. The summed E-state index contributed by atoms with van der Waals surface area (Å²) in [5.74, 6) is 0.328. The molecule has 4 nitrogen and oxygen atoms in total. The van der Waals surface area contributed by atoms with Crippen molar-refractivity contribution in [3.63, 3.8) is 0 Å². The van der Waals surface area contributed by atoms with Crippen molar-refractivity contribution in [3.05, 3.63) is 64.5 Å². The van der Waals surface area contributed by atoms with E-state index in [0.717, 1.165) is 15.6 Å². The van der Waals surface area contributed by atoms with Crippen LogP contribution in [0.5, 0.6) is 0 Å². The zero-order valence-electron chi connectivity index (χ0n) is 11.3. The molecule has 1 N–H and O–H groups in total. The van der Waals surface area contributed by atoms with Crippen LogP contribution in [0.25, 0.3) is 11.1 Å². The van der Waals surface area contributed by atoms with Crippen LogP contribution in [-0.2, 0) is 0 Å². The van der Waals surface area contributed by atoms with Gasteiger partial charge in [0.15, 0.2) is 5.58 Å². The SMILES string of the molecule is CC(NC(=O)c1ccccc1Br)c1nc2ccccc2o1. The van der Waals surface area contributed by atoms with Gasteiger partial charge in [-0.3, -0.25) is 4.79 Å². The van der Waals surface area contributed by atoms with Crippen LogP contribution >= 0.6 is 15.9 Å². The average molecular weight is 345 g/mol. The number of carbonyl (C=O) groups excluding carboxylic acids is 1. The van der Waals surface area contributed by atoms with Gasteiger partial charge < -0.3 is 9.73 Å². The van der Waals surface area contributed by atoms with E-state index in [-0.39, 0.29) is 11.9 Å². The summed E-state index contributed by atoms with van der Waals surface area (Å²) in [7, 11) is 0. The van der Waals surface area contributed by atoms with Crippen molar-refractivity contribution in [1.82, 2.24) is 10.3 Å². The first-order valence-electron chi connectivity index (χ1n) is 6.56. The Kier molecular flexibility index (Phi) is 3.75. The molecule has 21 heavy (non-hydrogen) atoms. The Morgan fingerprint density at radius 2 is 1.90 bits per heavy atom. The largest absolute Gasteiger partial charge is 0.438 e. The second-order valence-electron chi connectivity index (χ2n) is 4.69. The summed E-state index contributed by atoms with van der Waals surface area (Å²) >= 11 is 3.37. The number of hydrogen-bond donors (Lipinski definition) is 1. The number of amides is 1. The van der Waals surface area contributed by atoms with Crippen LogP contribution in [0.4, 0.5) is 0 Å². The average Bonchev–Trinajstić information content (AvgIpc) is 2.91. The lowest BCUT2D eigenvalue weighted by atomic mass is 10.2. The van der Waals surface area contributed by atoms with E-state index < -0.39 is 0 Å². The third-order valence-electron chi connectivity index (χ3n) is 3.15. The van der Waals surface area contributed by atoms with Crippen LogP contribution in [0.3, 0.4) is 0 Å². The Morgan fingerprint density at radius 1 is 1.19 bits per heavy atom. The van der Waals surface area contributed by atoms with Crippen molar-refractivity contribution >= 4 is 32.9 Å². The van der Waals surface area contributed by atoms with Gasteiger partial charge in [-0.15, -0.1) is 0 Å². The van der Waals surface area contributed by atoms with Crippen molar-refractivity contribution in [1.29, 1.82) is 0 Å². The number of aromatic nitrogens is 1. The Bertz CT molecular complexity index is 765. The monoisotopic (exact) mass is 344 g/mol. The highest BCUT2D eigenvalue weighted by atomic mass is 79.9. The van der Waals surface area contributed by atoms with Gasteiger partial charge in [-0.2, -0.15) is 0 Å². The van der Waals surface area contributed by atoms with Crippen molar-refractivity contribution in [2.45, 2.75) is 13.0 Å². The topological polar surface area (TPSA) is 55.1 Å². The van der Waals surface area contributed by atoms with Crippen LogP contribution in [0.1, 0.15) is 29.2 Å². The molecule has 3 aromatic rings. The second-order valence-corrected chi connectivity index (χ2v) is 5.55. The Morgan fingerprint density at radius 3 is 2.67 bits per heavy atom. The summed E-state index contributed by atoms with van der Waals surface area (Å²) in [6.07, 6.45) is 0. The smallest absolute Gasteiger partial charge is 0.253 e. The van der Waals surface area contributed by atoms with Gasteiger partial charge in [-0.05, 0) is 47.1 Å². The van der Waals surface area contributed by atoms with Gasteiger partial charge in [0.2, 0.25) is 5.89 Å². The molecule has 1 unspecified atom stereocenters. The van der Waals surface area contributed by atoms with Gasteiger partial charge in [0, 0.05) is 4.47 Å². The summed E-state index contributed by atoms with van der Waals surface area (Å²) in [5, 5.41) is 2.89. The number of oxazole rings is 1. The molecule has 5 heteroatoms. The normalized spacial score (nSPS) is 12.3. The lowest BCUT2D eigenvalue weighted by Crippen LogP contribution is -2.27. The molecule has 1 atom stereocenters. The van der Waals surface area contributed by atoms with Gasteiger partial charge in [0.1, 0.15) is 11.6 Å². The van der Waals surface area contributed by atoms with Crippen LogP contribution in [0.2, 0.25) is 0 Å². The number of carbonyl (C=O) groups is 1. The highest BCUT2D eigenvalue weighted by Gasteiger charge is 2.17. The molecule has 0 saturated heterocycles. The quantitative estimate of drug-likeness (QED) is 0.778. The van der Waals surface area contributed by atoms with Crippen LogP contribution in [0, 0.1) is 0 Å². The molecular weight excluding hydrogens is 332 g/mol. The zero-order chi connectivity index (χ0) is 14.8. The third kappa shape index (κ3) is 2.83. The molecule has 0 radical (unpaired) electrons. The fourth-order valence-electron chi connectivity index (χ4n) is 2.06. The van der Waals surface area contributed by atoms with E-state index in [1.54, 1.807) is 6.07 Å². The van der Waals surface area contributed by atoms with Crippen LogP contribution in [-0.4, -0.2) is 10.9 Å². The number of para-hydroxylation sites is 2. The fraction of sp³-hybridized carbons (Fsp3) is 0.125. The molecule has 2 aromatic carbocycles. The second kappa shape index (κ2) is 5.69. The number of hydrogen-bond acceptors (Lipinski definition) is 3. The summed E-state index contributed by atoms with van der Waals surface area (Å²) in [6, 6.07) is 14.5. The molecule has 0 aliphatic heterocycles. The molecular formula is C16H13BrN2O2. The number of fused-ring (bicyclic) bond motifs is 1. The molecule has 0 fully saturated rings. The zero-order valence-corrected chi connectivity index (χ0v) is 12.9. The number of rotatable bonds is 3. The number of benzene rings is 2. The van der Waals surface area contributed by atoms with Gasteiger partial charge >= 0.3 is 0 Å². The first kappa shape index (κ1) is 13.8. The highest BCUT2D eigenvalue weighted by Crippen LogP contribution is 2.21. The molecule has 106 valence electrons. The maximum absolute atomic E-state index is 12.3. The summed E-state index contributed by atoms with van der Waals surface area (Å²) in [4.78, 5) is 16.6. The maximum Gasteiger partial charge on any atom is 0.253 e. The van der Waals surface area contributed by atoms with Crippen LogP contribution in [0.15, 0.2) is 57.4 Å². The number of halogens is 1. The predicted octanol–water partition coefficient (Wildman–Crippen LogP) is 4.08. The maximum atomic E-state index is 12.3. The standard InChI is InChI=1S/C16H13BrN2O2/c1-10(16-19-13-8-4-5-9-14(13)21-16)18-15(20)11-6-2-3-7-12(11)17/h2-10H,1H3,(H,18,20). The van der Waals surface area contributed by atoms with Gasteiger partial charge in [0.05, 0.1) is 5.56 Å². The summed E-state index contributed by atoms with van der Waals surface area (Å²) in [5.41, 5.74) is 2.09. The minimum atomic E-state index is -0.308. The molecule has 0 aliphatic rings. The van der Waals surface area contributed by atoms with Crippen LogP contribution < -0.4 is 5.32 Å². The lowest BCUT2D eigenvalue weighted by molar-refractivity contribution is 0.0933. The summed E-state index contributed by atoms with van der Waals surface area (Å²) in [6.45, 7) is 1.85. The van der Waals surface area contributed by atoms with Gasteiger partial charge in [-0.1, -0.05) is 24.3 Å². The fourth-order valence-corrected chi connectivity index (χ4v) is 2.52. The van der Waals surface area contributed by atoms with E-state index in [1.165, 1.54) is 0 Å². The molecule has 0 spiro atoms. The molecule has 1 aromatic heterocycles.